The van der Waals surface area contributed by atoms with E-state index in [4.69, 9.17) is 28.7 Å². The Morgan fingerprint density at radius 2 is 1.46 bits per heavy atom. The van der Waals surface area contributed by atoms with E-state index in [-0.39, 0.29) is 18.3 Å². The molecule has 0 aliphatic rings. The fraction of sp³-hybridized carbons (Fsp3) is 0.269. The molecule has 35 heavy (non-hydrogen) atoms. The van der Waals surface area contributed by atoms with Gasteiger partial charge in [0.05, 0.1) is 52.1 Å². The highest BCUT2D eigenvalue weighted by atomic mass is 32.2. The van der Waals surface area contributed by atoms with Gasteiger partial charge in [0.2, 0.25) is 0 Å². The van der Waals surface area contributed by atoms with Gasteiger partial charge in [-0.3, -0.25) is 4.79 Å². The molecule has 9 heteroatoms. The van der Waals surface area contributed by atoms with E-state index >= 15 is 0 Å². The Labute approximate surface area is 208 Å². The van der Waals surface area contributed by atoms with Crippen LogP contribution in [0.25, 0.3) is 22.4 Å². The number of ether oxygens (including phenoxy) is 5. The van der Waals surface area contributed by atoms with E-state index in [0.29, 0.717) is 44.8 Å². The fourth-order valence-corrected chi connectivity index (χ4v) is 4.24. The summed E-state index contributed by atoms with van der Waals surface area (Å²) < 4.78 is 26.7. The summed E-state index contributed by atoms with van der Waals surface area (Å²) in [6, 6.07) is 15.0. The van der Waals surface area contributed by atoms with E-state index < -0.39 is 0 Å². The van der Waals surface area contributed by atoms with E-state index in [1.54, 1.807) is 53.6 Å². The molecule has 0 aliphatic heterocycles. The van der Waals surface area contributed by atoms with Crippen LogP contribution in [0, 0.1) is 11.3 Å². The van der Waals surface area contributed by atoms with Gasteiger partial charge in [0.15, 0.2) is 23.0 Å². The predicted molar refractivity (Wildman–Crippen MR) is 133 cm³/mol. The highest BCUT2D eigenvalue weighted by molar-refractivity contribution is 7.99. The average molecular weight is 495 g/mol. The van der Waals surface area contributed by atoms with Crippen molar-refractivity contribution in [1.82, 2.24) is 4.98 Å². The molecule has 1 heterocycles. The lowest BCUT2D eigenvalue weighted by molar-refractivity contribution is -0.139. The van der Waals surface area contributed by atoms with Gasteiger partial charge in [0.25, 0.3) is 0 Å². The molecule has 3 aromatic rings. The van der Waals surface area contributed by atoms with Crippen molar-refractivity contribution in [2.75, 3.05) is 40.8 Å². The first kappa shape index (κ1) is 25.7. The Morgan fingerprint density at radius 1 is 0.886 bits per heavy atom. The van der Waals surface area contributed by atoms with E-state index in [1.807, 2.05) is 24.3 Å². The second kappa shape index (κ2) is 12.0. The van der Waals surface area contributed by atoms with E-state index in [2.05, 4.69) is 6.07 Å². The van der Waals surface area contributed by atoms with E-state index in [9.17, 15) is 10.1 Å². The molecular formula is C26H26N2O6S. The van der Waals surface area contributed by atoms with Crippen molar-refractivity contribution in [1.29, 1.82) is 5.26 Å². The van der Waals surface area contributed by atoms with Crippen LogP contribution in [0.15, 0.2) is 47.5 Å². The maximum absolute atomic E-state index is 12.0. The molecule has 2 aromatic carbocycles. The minimum Gasteiger partial charge on any atom is -0.493 e. The molecule has 3 rings (SSSR count). The smallest absolute Gasteiger partial charge is 0.316 e. The molecule has 0 saturated carbocycles. The highest BCUT2D eigenvalue weighted by Gasteiger charge is 2.19. The third-order valence-electron chi connectivity index (χ3n) is 5.10. The van der Waals surface area contributed by atoms with Crippen molar-refractivity contribution >= 4 is 17.7 Å². The quantitative estimate of drug-likeness (QED) is 0.285. The Bertz CT molecular complexity index is 1260. The van der Waals surface area contributed by atoms with Crippen LogP contribution in [0.5, 0.6) is 23.0 Å². The number of carbonyl (C=O) groups excluding carboxylic acids is 1. The van der Waals surface area contributed by atoms with Gasteiger partial charge in [0.1, 0.15) is 11.1 Å². The number of hydrogen-bond acceptors (Lipinski definition) is 9. The van der Waals surface area contributed by atoms with Gasteiger partial charge in [-0.2, -0.15) is 5.26 Å². The number of pyridine rings is 1. The lowest BCUT2D eigenvalue weighted by Gasteiger charge is -2.15. The number of rotatable bonds is 10. The van der Waals surface area contributed by atoms with Gasteiger partial charge < -0.3 is 23.7 Å². The summed E-state index contributed by atoms with van der Waals surface area (Å²) in [5.41, 5.74) is 3.07. The summed E-state index contributed by atoms with van der Waals surface area (Å²) in [4.78, 5) is 16.7. The number of methoxy groups -OCH3 is 4. The number of nitrogens with zero attached hydrogens (tertiary/aromatic N) is 2. The Hall–Kier alpha value is -3.90. The molecule has 0 N–H and O–H groups in total. The molecule has 0 aliphatic carbocycles. The molecule has 0 unspecified atom stereocenters. The number of hydrogen-bond donors (Lipinski definition) is 0. The zero-order chi connectivity index (χ0) is 25.4. The predicted octanol–water partition coefficient (Wildman–Crippen LogP) is 4.98. The summed E-state index contributed by atoms with van der Waals surface area (Å²) in [5.74, 6) is 1.87. The maximum Gasteiger partial charge on any atom is 0.316 e. The van der Waals surface area contributed by atoms with Gasteiger partial charge in [-0.25, -0.2) is 4.98 Å². The number of thioether (sulfide) groups is 1. The molecule has 1 aromatic heterocycles. The number of esters is 1. The molecule has 182 valence electrons. The largest absolute Gasteiger partial charge is 0.493 e. The minimum absolute atomic E-state index is 0.0241. The number of aromatic nitrogens is 1. The SMILES string of the molecule is CCOC(=O)CSc1nc(-c2ccc(OC)c(OC)c2)cc(-c2ccc(OC)c(OC)c2)c1C#N. The molecule has 0 spiro atoms. The highest BCUT2D eigenvalue weighted by Crippen LogP contribution is 2.39. The summed E-state index contributed by atoms with van der Waals surface area (Å²) in [7, 11) is 6.24. The number of carbonyl (C=O) groups is 1. The van der Waals surface area contributed by atoms with Crippen molar-refractivity contribution in [2.45, 2.75) is 11.9 Å². The van der Waals surface area contributed by atoms with Gasteiger partial charge in [-0.15, -0.1) is 0 Å². The lowest BCUT2D eigenvalue weighted by atomic mass is 9.98. The van der Waals surface area contributed by atoms with Crippen LogP contribution in [-0.2, 0) is 9.53 Å². The van der Waals surface area contributed by atoms with Gasteiger partial charge >= 0.3 is 5.97 Å². The van der Waals surface area contributed by atoms with Crippen molar-refractivity contribution < 1.29 is 28.5 Å². The van der Waals surface area contributed by atoms with Crippen LogP contribution in [0.4, 0.5) is 0 Å². The van der Waals surface area contributed by atoms with Crippen LogP contribution in [-0.4, -0.2) is 51.8 Å². The third kappa shape index (κ3) is 5.78. The van der Waals surface area contributed by atoms with E-state index in [0.717, 1.165) is 22.9 Å². The summed E-state index contributed by atoms with van der Waals surface area (Å²) in [6.45, 7) is 2.02. The summed E-state index contributed by atoms with van der Waals surface area (Å²) in [6.07, 6.45) is 0. The first-order chi connectivity index (χ1) is 17.0. The zero-order valence-electron chi connectivity index (χ0n) is 20.2. The molecule has 0 amide bonds. The van der Waals surface area contributed by atoms with Gasteiger partial charge in [-0.05, 0) is 48.9 Å². The second-order valence-electron chi connectivity index (χ2n) is 7.08. The molecular weight excluding hydrogens is 468 g/mol. The Morgan fingerprint density at radius 3 is 2.00 bits per heavy atom. The average Bonchev–Trinajstić information content (AvgIpc) is 2.90. The molecule has 0 radical (unpaired) electrons. The van der Waals surface area contributed by atoms with Crippen molar-refractivity contribution in [3.63, 3.8) is 0 Å². The number of benzene rings is 2. The number of nitriles is 1. The second-order valence-corrected chi connectivity index (χ2v) is 8.04. The monoisotopic (exact) mass is 494 g/mol. The first-order valence-electron chi connectivity index (χ1n) is 10.7. The lowest BCUT2D eigenvalue weighted by Crippen LogP contribution is -2.07. The Kier molecular flexibility index (Phi) is 8.81. The van der Waals surface area contributed by atoms with Crippen molar-refractivity contribution in [2.24, 2.45) is 0 Å². The summed E-state index contributed by atoms with van der Waals surface area (Å²) >= 11 is 1.15. The first-order valence-corrected chi connectivity index (χ1v) is 11.7. The molecule has 0 saturated heterocycles. The third-order valence-corrected chi connectivity index (χ3v) is 6.05. The normalized spacial score (nSPS) is 10.3. The minimum atomic E-state index is -0.382. The van der Waals surface area contributed by atoms with Crippen LogP contribution in [0.2, 0.25) is 0 Å². The van der Waals surface area contributed by atoms with Crippen LogP contribution >= 0.6 is 11.8 Å². The van der Waals surface area contributed by atoms with Crippen molar-refractivity contribution in [3.05, 3.63) is 48.0 Å². The molecule has 0 fully saturated rings. The van der Waals surface area contributed by atoms with Crippen LogP contribution in [0.3, 0.4) is 0 Å². The molecule has 0 bridgehead atoms. The van der Waals surface area contributed by atoms with E-state index in [1.165, 1.54) is 0 Å². The molecule has 8 nitrogen and oxygen atoms in total. The zero-order valence-corrected chi connectivity index (χ0v) is 21.0. The van der Waals surface area contributed by atoms with Gasteiger partial charge in [-0.1, -0.05) is 17.8 Å². The topological polar surface area (TPSA) is 99.9 Å². The Balaban J connectivity index is 2.21. The van der Waals surface area contributed by atoms with Gasteiger partial charge in [0, 0.05) is 11.1 Å². The van der Waals surface area contributed by atoms with Crippen LogP contribution < -0.4 is 18.9 Å². The molecule has 0 atom stereocenters. The van der Waals surface area contributed by atoms with Crippen LogP contribution in [0.1, 0.15) is 12.5 Å². The standard InChI is InChI=1S/C26H26N2O6S/c1-6-34-25(29)15-35-26-19(14-27)18(16-7-9-21(30-2)23(11-16)32-4)13-20(28-26)17-8-10-22(31-3)24(12-17)33-5/h7-13H,6,15H2,1-5H3. The summed E-state index contributed by atoms with van der Waals surface area (Å²) in [5, 5.41) is 10.5. The fourth-order valence-electron chi connectivity index (χ4n) is 3.44. The van der Waals surface area contributed by atoms with Crippen molar-refractivity contribution in [3.8, 4) is 51.5 Å². The maximum atomic E-state index is 12.0.